The van der Waals surface area contributed by atoms with Crippen molar-refractivity contribution in [1.82, 2.24) is 0 Å². The van der Waals surface area contributed by atoms with Crippen LogP contribution in [0, 0.1) is 0 Å². The third kappa shape index (κ3) is 3.94. The van der Waals surface area contributed by atoms with E-state index in [1.807, 2.05) is 30.3 Å². The van der Waals surface area contributed by atoms with E-state index >= 15 is 0 Å². The Morgan fingerprint density at radius 1 is 1.06 bits per heavy atom. The van der Waals surface area contributed by atoms with Crippen LogP contribution < -0.4 is 14.8 Å². The SMILES string of the molecule is COc1cc2c(cc1NC(=O)c1ccc(OCC3CCCO3)cc1)oc1ccccc12. The fourth-order valence-electron chi connectivity index (χ4n) is 3.88. The minimum atomic E-state index is -0.237. The predicted octanol–water partition coefficient (Wildman–Crippen LogP) is 5.40. The first-order valence-corrected chi connectivity index (χ1v) is 10.4. The smallest absolute Gasteiger partial charge is 0.255 e. The highest BCUT2D eigenvalue weighted by molar-refractivity contribution is 6.10. The van der Waals surface area contributed by atoms with Gasteiger partial charge in [0, 0.05) is 29.0 Å². The third-order valence-corrected chi connectivity index (χ3v) is 5.52. The molecule has 1 amide bonds. The highest BCUT2D eigenvalue weighted by atomic mass is 16.5. The normalized spacial score (nSPS) is 16.0. The molecule has 6 heteroatoms. The van der Waals surface area contributed by atoms with Crippen molar-refractivity contribution in [3.63, 3.8) is 0 Å². The van der Waals surface area contributed by atoms with Gasteiger partial charge >= 0.3 is 0 Å². The van der Waals surface area contributed by atoms with Crippen molar-refractivity contribution >= 4 is 33.5 Å². The molecule has 5 rings (SSSR count). The van der Waals surface area contributed by atoms with E-state index in [0.717, 1.165) is 35.8 Å². The van der Waals surface area contributed by atoms with Gasteiger partial charge in [0.15, 0.2) is 0 Å². The maximum absolute atomic E-state index is 12.8. The molecule has 4 aromatic rings. The fraction of sp³-hybridized carbons (Fsp3) is 0.240. The van der Waals surface area contributed by atoms with Crippen LogP contribution in [0.3, 0.4) is 0 Å². The lowest BCUT2D eigenvalue weighted by atomic mass is 10.1. The van der Waals surface area contributed by atoms with E-state index in [9.17, 15) is 4.79 Å². The number of carbonyl (C=O) groups excluding carboxylic acids is 1. The monoisotopic (exact) mass is 417 g/mol. The zero-order valence-electron chi connectivity index (χ0n) is 17.2. The number of carbonyl (C=O) groups is 1. The number of para-hydroxylation sites is 1. The Hall–Kier alpha value is -3.51. The van der Waals surface area contributed by atoms with Crippen molar-refractivity contribution in [3.05, 3.63) is 66.2 Å². The summed E-state index contributed by atoms with van der Waals surface area (Å²) in [7, 11) is 1.58. The Balaban J connectivity index is 1.33. The molecule has 1 unspecified atom stereocenters. The minimum absolute atomic E-state index is 0.156. The first kappa shape index (κ1) is 19.5. The summed E-state index contributed by atoms with van der Waals surface area (Å²) in [6.45, 7) is 1.33. The number of methoxy groups -OCH3 is 1. The molecule has 0 aliphatic carbocycles. The number of hydrogen-bond donors (Lipinski definition) is 1. The van der Waals surface area contributed by atoms with Gasteiger partial charge in [0.1, 0.15) is 29.3 Å². The molecule has 0 spiro atoms. The molecule has 1 aromatic heterocycles. The molecule has 31 heavy (non-hydrogen) atoms. The molecule has 3 aromatic carbocycles. The number of fused-ring (bicyclic) bond motifs is 3. The highest BCUT2D eigenvalue weighted by Gasteiger charge is 2.17. The van der Waals surface area contributed by atoms with E-state index in [2.05, 4.69) is 5.32 Å². The van der Waals surface area contributed by atoms with Gasteiger partial charge < -0.3 is 23.9 Å². The average Bonchev–Trinajstić information content (AvgIpc) is 3.45. The van der Waals surface area contributed by atoms with Crippen molar-refractivity contribution < 1.29 is 23.4 Å². The second kappa shape index (κ2) is 8.32. The lowest BCUT2D eigenvalue weighted by molar-refractivity contribution is 0.0679. The zero-order chi connectivity index (χ0) is 21.2. The van der Waals surface area contributed by atoms with Crippen molar-refractivity contribution in [1.29, 1.82) is 0 Å². The van der Waals surface area contributed by atoms with E-state index in [1.165, 1.54) is 0 Å². The van der Waals surface area contributed by atoms with Crippen molar-refractivity contribution in [2.24, 2.45) is 0 Å². The summed E-state index contributed by atoms with van der Waals surface area (Å²) < 4.78 is 22.8. The minimum Gasteiger partial charge on any atom is -0.495 e. The molecule has 1 fully saturated rings. The number of nitrogens with one attached hydrogen (secondary N) is 1. The summed E-state index contributed by atoms with van der Waals surface area (Å²) in [6, 6.07) is 18.6. The van der Waals surface area contributed by atoms with Crippen molar-refractivity contribution in [2.45, 2.75) is 18.9 Å². The Kier molecular flexibility index (Phi) is 5.22. The van der Waals surface area contributed by atoms with Crippen LogP contribution >= 0.6 is 0 Å². The first-order chi connectivity index (χ1) is 15.2. The lowest BCUT2D eigenvalue weighted by Crippen LogP contribution is -2.16. The molecule has 0 saturated carbocycles. The van der Waals surface area contributed by atoms with Crippen LogP contribution in [0.15, 0.2) is 65.1 Å². The van der Waals surface area contributed by atoms with Gasteiger partial charge in [-0.3, -0.25) is 4.79 Å². The van der Waals surface area contributed by atoms with Crippen LogP contribution in [0.4, 0.5) is 5.69 Å². The van der Waals surface area contributed by atoms with Crippen LogP contribution in [-0.4, -0.2) is 32.3 Å². The number of ether oxygens (including phenoxy) is 3. The largest absolute Gasteiger partial charge is 0.495 e. The van der Waals surface area contributed by atoms with Crippen LogP contribution in [0.25, 0.3) is 21.9 Å². The molecule has 2 heterocycles. The van der Waals surface area contributed by atoms with Gasteiger partial charge in [0.05, 0.1) is 18.9 Å². The lowest BCUT2D eigenvalue weighted by Gasteiger charge is -2.12. The van der Waals surface area contributed by atoms with Gasteiger partial charge in [-0.05, 0) is 49.2 Å². The van der Waals surface area contributed by atoms with E-state index in [-0.39, 0.29) is 12.0 Å². The summed E-state index contributed by atoms with van der Waals surface area (Å²) >= 11 is 0. The molecular formula is C25H23NO5. The van der Waals surface area contributed by atoms with Gasteiger partial charge in [0.25, 0.3) is 5.91 Å². The molecule has 158 valence electrons. The molecular weight excluding hydrogens is 394 g/mol. The number of benzene rings is 3. The van der Waals surface area contributed by atoms with Gasteiger partial charge in [-0.2, -0.15) is 0 Å². The van der Waals surface area contributed by atoms with Crippen LogP contribution in [0.5, 0.6) is 11.5 Å². The Bertz CT molecular complexity index is 1220. The predicted molar refractivity (Wildman–Crippen MR) is 119 cm³/mol. The Morgan fingerprint density at radius 2 is 1.90 bits per heavy atom. The Morgan fingerprint density at radius 3 is 2.68 bits per heavy atom. The first-order valence-electron chi connectivity index (χ1n) is 10.4. The standard InChI is InChI=1S/C25H23NO5/c1-28-24-13-20-19-6-2-3-7-22(19)31-23(20)14-21(24)26-25(27)16-8-10-17(11-9-16)30-15-18-5-4-12-29-18/h2-3,6-11,13-14,18H,4-5,12,15H2,1H3,(H,26,27). The maximum atomic E-state index is 12.8. The number of rotatable bonds is 6. The van der Waals surface area contributed by atoms with Gasteiger partial charge in [-0.25, -0.2) is 0 Å². The van der Waals surface area contributed by atoms with Gasteiger partial charge in [0.2, 0.25) is 0 Å². The summed E-state index contributed by atoms with van der Waals surface area (Å²) in [5.74, 6) is 1.05. The average molecular weight is 417 g/mol. The number of hydrogen-bond acceptors (Lipinski definition) is 5. The third-order valence-electron chi connectivity index (χ3n) is 5.52. The quantitative estimate of drug-likeness (QED) is 0.455. The molecule has 6 nitrogen and oxygen atoms in total. The van der Waals surface area contributed by atoms with Crippen molar-refractivity contribution in [2.75, 3.05) is 25.6 Å². The van der Waals surface area contributed by atoms with Crippen LogP contribution in [-0.2, 0) is 4.74 Å². The summed E-state index contributed by atoms with van der Waals surface area (Å²) in [4.78, 5) is 12.8. The summed E-state index contributed by atoms with van der Waals surface area (Å²) in [5, 5.41) is 4.88. The molecule has 1 atom stereocenters. The molecule has 1 saturated heterocycles. The second-order valence-corrected chi connectivity index (χ2v) is 7.57. The van der Waals surface area contributed by atoms with Crippen LogP contribution in [0.1, 0.15) is 23.2 Å². The molecule has 1 aliphatic rings. The van der Waals surface area contributed by atoms with E-state index in [1.54, 1.807) is 37.4 Å². The zero-order valence-corrected chi connectivity index (χ0v) is 17.2. The molecule has 0 bridgehead atoms. The van der Waals surface area contributed by atoms with Crippen molar-refractivity contribution in [3.8, 4) is 11.5 Å². The molecule has 1 aliphatic heterocycles. The van der Waals surface area contributed by atoms with Gasteiger partial charge in [-0.15, -0.1) is 0 Å². The second-order valence-electron chi connectivity index (χ2n) is 7.57. The topological polar surface area (TPSA) is 69.9 Å². The molecule has 0 radical (unpaired) electrons. The van der Waals surface area contributed by atoms with E-state index in [4.69, 9.17) is 18.6 Å². The van der Waals surface area contributed by atoms with Crippen LogP contribution in [0.2, 0.25) is 0 Å². The maximum Gasteiger partial charge on any atom is 0.255 e. The van der Waals surface area contributed by atoms with Gasteiger partial charge in [-0.1, -0.05) is 18.2 Å². The number of amides is 1. The Labute approximate surface area is 179 Å². The number of furan rings is 1. The number of anilines is 1. The van der Waals surface area contributed by atoms with E-state index < -0.39 is 0 Å². The summed E-state index contributed by atoms with van der Waals surface area (Å²) in [6.07, 6.45) is 2.26. The fourth-order valence-corrected chi connectivity index (χ4v) is 3.88. The van der Waals surface area contributed by atoms with E-state index in [0.29, 0.717) is 34.9 Å². The highest BCUT2D eigenvalue weighted by Crippen LogP contribution is 2.36. The molecule has 1 N–H and O–H groups in total. The summed E-state index contributed by atoms with van der Waals surface area (Å²) in [5.41, 5.74) is 2.56.